The van der Waals surface area contributed by atoms with E-state index in [-0.39, 0.29) is 18.3 Å². The molecule has 1 aromatic heterocycles. The minimum absolute atomic E-state index is 0.0624. The van der Waals surface area contributed by atoms with E-state index in [0.29, 0.717) is 55.0 Å². The lowest BCUT2D eigenvalue weighted by atomic mass is 9.95. The number of hydrogen-bond acceptors (Lipinski definition) is 8. The van der Waals surface area contributed by atoms with Crippen molar-refractivity contribution in [2.45, 2.75) is 46.4 Å². The summed E-state index contributed by atoms with van der Waals surface area (Å²) in [5.41, 5.74) is 2.89. The van der Waals surface area contributed by atoms with Gasteiger partial charge in [-0.05, 0) is 75.2 Å². The third kappa shape index (κ3) is 6.59. The molecule has 0 amide bonds. The van der Waals surface area contributed by atoms with Gasteiger partial charge >= 0.3 is 5.97 Å². The van der Waals surface area contributed by atoms with Gasteiger partial charge in [0, 0.05) is 10.6 Å². The van der Waals surface area contributed by atoms with Crippen molar-refractivity contribution in [2.75, 3.05) is 13.7 Å². The second-order valence-electron chi connectivity index (χ2n) is 10.3. The fourth-order valence-corrected chi connectivity index (χ4v) is 6.14. The number of benzene rings is 3. The van der Waals surface area contributed by atoms with Crippen LogP contribution >= 0.6 is 22.9 Å². The molecular weight excluding hydrogens is 600 g/mol. The number of ether oxygens (including phenoxy) is 4. The van der Waals surface area contributed by atoms with E-state index in [1.165, 1.54) is 11.3 Å². The molecule has 0 radical (unpaired) electrons. The Morgan fingerprint density at radius 1 is 1.09 bits per heavy atom. The standard InChI is InChI=1S/C34H33ClN2O6S/c1-6-41-33(39)30-21(4)36-34-37(31(30)23-13-16-27(43-20(2)3)28(18-23)40-5)32(38)29(44-34)17-22-11-14-25(15-12-22)42-19-24-9-7-8-10-26(24)35/h7-18,20,31H,6,19H2,1-5H3/b29-17-/t31-/m0/s1. The second kappa shape index (κ2) is 13.5. The van der Waals surface area contributed by atoms with Gasteiger partial charge in [-0.15, -0.1) is 0 Å². The summed E-state index contributed by atoms with van der Waals surface area (Å²) >= 11 is 7.50. The lowest BCUT2D eigenvalue weighted by Gasteiger charge is -2.25. The molecule has 1 aliphatic heterocycles. The summed E-state index contributed by atoms with van der Waals surface area (Å²) in [6.45, 7) is 7.89. The van der Waals surface area contributed by atoms with E-state index in [0.717, 1.165) is 11.1 Å². The highest BCUT2D eigenvalue weighted by molar-refractivity contribution is 7.07. The first-order chi connectivity index (χ1) is 21.2. The predicted molar refractivity (Wildman–Crippen MR) is 171 cm³/mol. The molecule has 44 heavy (non-hydrogen) atoms. The number of thiazole rings is 1. The predicted octanol–water partition coefficient (Wildman–Crippen LogP) is 5.83. The lowest BCUT2D eigenvalue weighted by Crippen LogP contribution is -2.40. The topological polar surface area (TPSA) is 88.4 Å². The molecule has 10 heteroatoms. The molecule has 0 saturated carbocycles. The third-order valence-corrected chi connectivity index (χ3v) is 8.26. The van der Waals surface area contributed by atoms with E-state index in [1.54, 1.807) is 37.7 Å². The van der Waals surface area contributed by atoms with Crippen molar-refractivity contribution in [1.29, 1.82) is 0 Å². The van der Waals surface area contributed by atoms with Crippen LogP contribution in [0, 0.1) is 0 Å². The van der Waals surface area contributed by atoms with Crippen molar-refractivity contribution in [1.82, 2.24) is 4.57 Å². The molecule has 0 spiro atoms. The SMILES string of the molecule is CCOC(=O)C1=C(C)N=c2s/c(=C\c3ccc(OCc4ccccc4Cl)cc3)c(=O)n2[C@H]1c1ccc(OC(C)C)c(OC)c1. The van der Waals surface area contributed by atoms with Gasteiger partial charge in [-0.25, -0.2) is 9.79 Å². The van der Waals surface area contributed by atoms with Crippen molar-refractivity contribution in [3.05, 3.63) is 119 Å². The van der Waals surface area contributed by atoms with Crippen LogP contribution in [0.15, 0.2) is 87.8 Å². The van der Waals surface area contributed by atoms with Gasteiger partial charge < -0.3 is 18.9 Å². The number of esters is 1. The summed E-state index contributed by atoms with van der Waals surface area (Å²) in [4.78, 5) is 32.4. The maximum Gasteiger partial charge on any atom is 0.338 e. The van der Waals surface area contributed by atoms with E-state index in [1.807, 2.05) is 74.5 Å². The number of halogens is 1. The summed E-state index contributed by atoms with van der Waals surface area (Å²) in [7, 11) is 1.55. The molecule has 0 saturated heterocycles. The Labute approximate surface area is 264 Å². The second-order valence-corrected chi connectivity index (χ2v) is 11.7. The highest BCUT2D eigenvalue weighted by Gasteiger charge is 2.34. The first-order valence-corrected chi connectivity index (χ1v) is 15.4. The first kappa shape index (κ1) is 31.1. The Hall–Kier alpha value is -4.34. The largest absolute Gasteiger partial charge is 0.493 e. The Kier molecular flexibility index (Phi) is 9.56. The molecule has 228 valence electrons. The van der Waals surface area contributed by atoms with Gasteiger partial charge in [0.15, 0.2) is 16.3 Å². The molecule has 0 unspecified atom stereocenters. The van der Waals surface area contributed by atoms with E-state index >= 15 is 0 Å². The van der Waals surface area contributed by atoms with E-state index in [2.05, 4.69) is 4.99 Å². The number of aromatic nitrogens is 1. The summed E-state index contributed by atoms with van der Waals surface area (Å²) in [6, 6.07) is 19.6. The quantitative estimate of drug-likeness (QED) is 0.205. The summed E-state index contributed by atoms with van der Waals surface area (Å²) < 4.78 is 24.8. The number of carbonyl (C=O) groups excluding carboxylic acids is 1. The average Bonchev–Trinajstić information content (AvgIpc) is 3.30. The molecule has 1 atom stereocenters. The maximum atomic E-state index is 14.0. The molecule has 0 bridgehead atoms. The number of fused-ring (bicyclic) bond motifs is 1. The highest BCUT2D eigenvalue weighted by Crippen LogP contribution is 2.36. The van der Waals surface area contributed by atoms with Gasteiger partial charge in [0.2, 0.25) is 0 Å². The monoisotopic (exact) mass is 632 g/mol. The van der Waals surface area contributed by atoms with Crippen LogP contribution in [-0.4, -0.2) is 30.4 Å². The Bertz CT molecular complexity index is 1890. The Morgan fingerprint density at radius 3 is 2.52 bits per heavy atom. The number of allylic oxidation sites excluding steroid dienone is 1. The lowest BCUT2D eigenvalue weighted by molar-refractivity contribution is -0.139. The number of hydrogen-bond donors (Lipinski definition) is 0. The molecule has 0 aliphatic carbocycles. The minimum Gasteiger partial charge on any atom is -0.493 e. The first-order valence-electron chi connectivity index (χ1n) is 14.2. The molecular formula is C34H33ClN2O6S. The molecule has 0 N–H and O–H groups in total. The van der Waals surface area contributed by atoms with Crippen molar-refractivity contribution < 1.29 is 23.7 Å². The minimum atomic E-state index is -0.768. The van der Waals surface area contributed by atoms with Crippen LogP contribution in [0.5, 0.6) is 17.2 Å². The summed E-state index contributed by atoms with van der Waals surface area (Å²) in [6.07, 6.45) is 1.75. The van der Waals surface area contributed by atoms with Crippen LogP contribution in [0.4, 0.5) is 0 Å². The van der Waals surface area contributed by atoms with Crippen LogP contribution in [0.2, 0.25) is 5.02 Å². The normalized spacial score (nSPS) is 14.7. The van der Waals surface area contributed by atoms with Crippen LogP contribution in [0.1, 0.15) is 50.4 Å². The van der Waals surface area contributed by atoms with Gasteiger partial charge in [-0.2, -0.15) is 0 Å². The number of carbonyl (C=O) groups is 1. The van der Waals surface area contributed by atoms with Crippen LogP contribution < -0.4 is 29.1 Å². The van der Waals surface area contributed by atoms with Crippen molar-refractivity contribution in [3.8, 4) is 17.2 Å². The molecule has 0 fully saturated rings. The third-order valence-electron chi connectivity index (χ3n) is 6.91. The highest BCUT2D eigenvalue weighted by atomic mass is 35.5. The van der Waals surface area contributed by atoms with Crippen molar-refractivity contribution in [2.24, 2.45) is 4.99 Å². The zero-order valence-corrected chi connectivity index (χ0v) is 26.7. The van der Waals surface area contributed by atoms with Crippen molar-refractivity contribution in [3.63, 3.8) is 0 Å². The van der Waals surface area contributed by atoms with E-state index < -0.39 is 12.0 Å². The van der Waals surface area contributed by atoms with Crippen LogP contribution in [0.25, 0.3) is 6.08 Å². The number of nitrogens with zero attached hydrogens (tertiary/aromatic N) is 2. The molecule has 1 aliphatic rings. The van der Waals surface area contributed by atoms with Crippen LogP contribution in [0.3, 0.4) is 0 Å². The Balaban J connectivity index is 1.53. The maximum absolute atomic E-state index is 14.0. The number of rotatable bonds is 10. The molecule has 3 aromatic carbocycles. The molecule has 8 nitrogen and oxygen atoms in total. The zero-order valence-electron chi connectivity index (χ0n) is 25.1. The van der Waals surface area contributed by atoms with Gasteiger partial charge in [-0.3, -0.25) is 9.36 Å². The van der Waals surface area contributed by atoms with Gasteiger partial charge in [-0.1, -0.05) is 59.3 Å². The van der Waals surface area contributed by atoms with Crippen LogP contribution in [-0.2, 0) is 16.1 Å². The van der Waals surface area contributed by atoms with E-state index in [9.17, 15) is 9.59 Å². The van der Waals surface area contributed by atoms with Gasteiger partial charge in [0.25, 0.3) is 5.56 Å². The molecule has 4 aromatic rings. The molecule has 5 rings (SSSR count). The fraction of sp³-hybridized carbons (Fsp3) is 0.265. The van der Waals surface area contributed by atoms with E-state index in [4.69, 9.17) is 30.5 Å². The summed E-state index contributed by atoms with van der Waals surface area (Å²) in [5.74, 6) is 1.21. The van der Waals surface area contributed by atoms with Gasteiger partial charge in [0.1, 0.15) is 12.4 Å². The molecule has 2 heterocycles. The van der Waals surface area contributed by atoms with Crippen molar-refractivity contribution >= 4 is 35.0 Å². The number of methoxy groups -OCH3 is 1. The average molecular weight is 633 g/mol. The zero-order chi connectivity index (χ0) is 31.4. The summed E-state index contributed by atoms with van der Waals surface area (Å²) in [5, 5.41) is 0.650. The fourth-order valence-electron chi connectivity index (χ4n) is 4.90. The Morgan fingerprint density at radius 2 is 1.84 bits per heavy atom. The smallest absolute Gasteiger partial charge is 0.338 e. The van der Waals surface area contributed by atoms with Gasteiger partial charge in [0.05, 0.1) is 41.7 Å².